The van der Waals surface area contributed by atoms with Crippen LogP contribution in [-0.2, 0) is 70.2 Å². The number of hydrogen-bond donors (Lipinski definition) is 8. The van der Waals surface area contributed by atoms with Gasteiger partial charge >= 0.3 is 24.4 Å². The summed E-state index contributed by atoms with van der Waals surface area (Å²) in [4.78, 5) is 203. The Morgan fingerprint density at radius 1 is 0.514 bits per heavy atom. The number of phenols is 2. The predicted molar refractivity (Wildman–Crippen MR) is 543 cm³/mol. The van der Waals surface area contributed by atoms with Crippen LogP contribution in [0.15, 0.2) is 188 Å². The quantitative estimate of drug-likeness (QED) is 0.00517. The highest BCUT2D eigenvalue weighted by Crippen LogP contribution is 2.44. The highest BCUT2D eigenvalue weighted by molar-refractivity contribution is 6.31. The van der Waals surface area contributed by atoms with Gasteiger partial charge in [-0.2, -0.15) is 0 Å². The van der Waals surface area contributed by atoms with E-state index in [0.29, 0.717) is 82.2 Å². The molecule has 9 N–H and O–H groups in total. The van der Waals surface area contributed by atoms with E-state index in [4.69, 9.17) is 52.6 Å². The molecule has 8 bridgehead atoms. The molecule has 0 saturated carbocycles. The molecule has 2 aliphatic heterocycles. The number of H-pyrrole nitrogens is 1. The minimum absolute atomic E-state index is 0. The normalized spacial score (nSPS) is 16.7. The number of ketones is 6. The number of rotatable bonds is 30. The smallest absolute Gasteiger partial charge is 0.507 e. The van der Waals surface area contributed by atoms with Gasteiger partial charge in [-0.3, -0.25) is 47.9 Å². The topological polar surface area (TPSA) is 443 Å². The molecule has 0 aliphatic carbocycles. The summed E-state index contributed by atoms with van der Waals surface area (Å²) in [5, 5.41) is 41.9. The number of imidazole rings is 1. The van der Waals surface area contributed by atoms with Gasteiger partial charge in [0.2, 0.25) is 23.6 Å². The molecule has 8 aromatic carbocycles. The summed E-state index contributed by atoms with van der Waals surface area (Å²) < 4.78 is 27.9. The molecule has 0 spiro atoms. The number of aromatic amines is 1. The SMILES string of the molecule is C.C.C[C@@H]1CC(=O)[C@@H](N(C)C(=O)[C@H](CCCCNC(=O)OC(C)(C)C)CC(=O)c2ccc(-c3ccc(Cl)cc3)cc2)c2ccc(OC(=O)OC(C)(C)C)c(c2)-c2cc(ccc2OC(=O)OC(C)(C)C)C[C@@H](C(=O)O)NC1=O.C[C@H](CC(=O)[C@@H]1Cc2ccc(O)c(c2)-c2cc(ccc2O)[C@H](N(C)C(=O)[C@H](CCCCN)CC(=O)c2ccc(-c3ccc(Cl)cc3)cc2)C(=O)C[C@@H](C)C(=O)N1)C(=O)/C=C/c1cnc[nH]1. The van der Waals surface area contributed by atoms with Crippen molar-refractivity contribution in [1.82, 2.24) is 35.7 Å². The number of aromatic nitrogens is 2. The van der Waals surface area contributed by atoms with Gasteiger partial charge in [0.05, 0.1) is 24.3 Å². The number of aromatic hydroxyl groups is 2. The van der Waals surface area contributed by atoms with Gasteiger partial charge in [-0.25, -0.2) is 24.2 Å². The second-order valence-electron chi connectivity index (χ2n) is 38.4. The maximum atomic E-state index is 15.2. The molecule has 0 saturated heterocycles. The number of fused-ring (bicyclic) bond motifs is 10. The third-order valence-electron chi connectivity index (χ3n) is 23.6. The number of carbonyl (C=O) groups excluding carboxylic acids is 13. The number of nitrogens with one attached hydrogen (secondary N) is 4. The average molecular weight is 1990 g/mol. The van der Waals surface area contributed by atoms with Crippen LogP contribution in [0.3, 0.4) is 0 Å². The lowest BCUT2D eigenvalue weighted by Gasteiger charge is -2.32. The third kappa shape index (κ3) is 32.5. The number of benzene rings is 8. The zero-order chi connectivity index (χ0) is 102. The number of hydrogen-bond acceptors (Lipinski definition) is 23. The lowest BCUT2D eigenvalue weighted by Crippen LogP contribution is -2.46. The maximum Gasteiger partial charge on any atom is 0.514 e. The van der Waals surface area contributed by atoms with Crippen LogP contribution in [0, 0.1) is 29.6 Å². The van der Waals surface area contributed by atoms with E-state index in [1.54, 1.807) is 161 Å². The monoisotopic (exact) mass is 1980 g/mol. The molecular formula is C110H130Cl2N8O22. The molecule has 0 fully saturated rings. The highest BCUT2D eigenvalue weighted by Gasteiger charge is 2.41. The number of carboxylic acids is 1. The summed E-state index contributed by atoms with van der Waals surface area (Å²) in [5.74, 6) is -11.6. The number of ether oxygens (including phenoxy) is 5. The molecule has 11 rings (SSSR count). The van der Waals surface area contributed by atoms with Gasteiger partial charge in [-0.1, -0.05) is 169 Å². The first-order valence-corrected chi connectivity index (χ1v) is 47.2. The molecule has 32 heteroatoms. The Hall–Kier alpha value is -14.0. The summed E-state index contributed by atoms with van der Waals surface area (Å²) >= 11 is 12.2. The molecule has 3 heterocycles. The maximum absolute atomic E-state index is 15.2. The standard InChI is InChI=1S/C57H68ClN3O14.C51H54ClN5O8.2CH4/c1-33-28-45(63)48(61(11)50(65)39(14-12-13-27-59-52(68)73-55(2,3)4)32-44(62)37-18-16-35(17-19-37)36-20-23-40(58)24-21-36)38-22-26-47(72-54(70)75-57(8,9)10)42(31-38)41-29-34(30-43(51(66)67)60-49(33)64)15-25-46(41)71-53(69)74-56(5,6)7;1-30(43(58)20-17-39-28-54-29-55-39)22-47(62)42-25-32-7-18-44(59)40(24-32)41-26-36(14-19-45(41)60)49(48(63)23-31(2)50(64)56-42)57(3)51(65)37(6-4-5-21-53)27-46(61)35-10-8-33(9-11-35)34-12-15-38(52)16-13-34;;/h15-26,29,31,33,39,43,48H,12-14,27-28,30,32H2,1-11H3,(H,59,68)(H,60,64)(H,66,67);7-20,24,26,28-31,37,42,49,59-60H,4-6,21-23,25,27,53H2,1-3H3,(H,54,55)(H,56,64);2*1H4/b;20-17+;;/t33-,39-,43+,48+;30-,31-,37-,42+,49+;;/m11../s1. The Morgan fingerprint density at radius 2 is 0.915 bits per heavy atom. The molecule has 756 valence electrons. The summed E-state index contributed by atoms with van der Waals surface area (Å²) in [6.45, 7) is 20.3. The fourth-order valence-corrected chi connectivity index (χ4v) is 16.6. The molecule has 0 unspecified atom stereocenters. The van der Waals surface area contributed by atoms with Crippen molar-refractivity contribution in [2.24, 2.45) is 35.3 Å². The first-order valence-electron chi connectivity index (χ1n) is 46.4. The molecule has 9 atom stereocenters. The summed E-state index contributed by atoms with van der Waals surface area (Å²) in [7, 11) is 2.89. The van der Waals surface area contributed by atoms with E-state index in [1.807, 2.05) is 36.4 Å². The summed E-state index contributed by atoms with van der Waals surface area (Å²) in [6, 6.07) is 40.9. The average Bonchev–Trinajstić information content (AvgIpc) is 1.02. The van der Waals surface area contributed by atoms with Crippen molar-refractivity contribution in [3.63, 3.8) is 0 Å². The van der Waals surface area contributed by atoms with E-state index >= 15 is 4.79 Å². The van der Waals surface area contributed by atoms with Crippen LogP contribution < -0.4 is 31.2 Å². The van der Waals surface area contributed by atoms with E-state index in [1.165, 1.54) is 104 Å². The lowest BCUT2D eigenvalue weighted by atomic mass is 9.87. The number of unbranched alkanes of at least 4 members (excludes halogenated alkanes) is 2. The van der Waals surface area contributed by atoms with Gasteiger partial charge in [0.25, 0.3) is 0 Å². The summed E-state index contributed by atoms with van der Waals surface area (Å²) in [6.07, 6.45) is 3.82. The number of alkyl carbamates (subject to hydrolysis) is 1. The molecule has 2 aliphatic rings. The predicted octanol–water partition coefficient (Wildman–Crippen LogP) is 20.2. The van der Waals surface area contributed by atoms with Gasteiger partial charge in [0.15, 0.2) is 34.7 Å². The van der Waals surface area contributed by atoms with Crippen molar-refractivity contribution in [3.8, 4) is 67.5 Å². The van der Waals surface area contributed by atoms with Crippen molar-refractivity contribution in [1.29, 1.82) is 0 Å². The number of Topliss-reactive ketones (excluding diaryl/α,β-unsaturated/α-hetero) is 5. The van der Waals surface area contributed by atoms with Crippen LogP contribution in [0.25, 0.3) is 50.6 Å². The number of allylic oxidation sites excluding steroid dienone is 1. The largest absolute Gasteiger partial charge is 0.514 e. The van der Waals surface area contributed by atoms with E-state index in [9.17, 15) is 77.6 Å². The Kier molecular flexibility index (Phi) is 40.6. The Labute approximate surface area is 838 Å². The second kappa shape index (κ2) is 50.9. The number of likely N-dealkylation sites (N-methyl/N-ethyl adjacent to an activating group) is 2. The summed E-state index contributed by atoms with van der Waals surface area (Å²) in [5.41, 5.74) is 9.87. The van der Waals surface area contributed by atoms with Crippen molar-refractivity contribution in [2.75, 3.05) is 27.2 Å². The van der Waals surface area contributed by atoms with Crippen molar-refractivity contribution < 1.29 is 106 Å². The lowest BCUT2D eigenvalue weighted by molar-refractivity contribution is -0.144. The number of amides is 5. The number of carboxylic acid groups (broad SMARTS) is 1. The van der Waals surface area contributed by atoms with Crippen LogP contribution in [0.2, 0.25) is 10.0 Å². The van der Waals surface area contributed by atoms with Gasteiger partial charge in [0.1, 0.15) is 57.9 Å². The Morgan fingerprint density at radius 3 is 1.37 bits per heavy atom. The fourth-order valence-electron chi connectivity index (χ4n) is 16.3. The Balaban J connectivity index is 0.000000346. The third-order valence-corrected chi connectivity index (χ3v) is 24.1. The molecule has 30 nitrogen and oxygen atoms in total. The molecule has 9 aromatic rings. The van der Waals surface area contributed by atoms with E-state index < -0.39 is 142 Å². The van der Waals surface area contributed by atoms with Gasteiger partial charge in [0, 0.05) is 132 Å². The van der Waals surface area contributed by atoms with Crippen molar-refractivity contribution in [3.05, 3.63) is 238 Å². The van der Waals surface area contributed by atoms with Crippen LogP contribution in [0.1, 0.15) is 229 Å². The van der Waals surface area contributed by atoms with Crippen molar-refractivity contribution >= 4 is 112 Å². The molecule has 142 heavy (non-hydrogen) atoms. The van der Waals surface area contributed by atoms with Crippen LogP contribution >= 0.6 is 23.2 Å². The second-order valence-corrected chi connectivity index (χ2v) is 39.3. The van der Waals surface area contributed by atoms with Crippen molar-refractivity contribution in [2.45, 2.75) is 222 Å². The molecule has 5 amide bonds. The zero-order valence-corrected chi connectivity index (χ0v) is 82.6. The van der Waals surface area contributed by atoms with Gasteiger partial charge < -0.3 is 75.5 Å². The minimum atomic E-state index is -1.49. The number of halogens is 2. The van der Waals surface area contributed by atoms with E-state index in [0.717, 1.165) is 22.3 Å². The highest BCUT2D eigenvalue weighted by atomic mass is 35.5. The van der Waals surface area contributed by atoms with Gasteiger partial charge in [-0.15, -0.1) is 0 Å². The zero-order valence-electron chi connectivity index (χ0n) is 81.1. The number of nitrogens with zero attached hydrogens (tertiary/aromatic N) is 3. The first-order chi connectivity index (χ1) is 66.1. The van der Waals surface area contributed by atoms with E-state index in [2.05, 4.69) is 25.9 Å². The number of nitrogens with two attached hydrogens (primary N) is 1. The number of carbonyl (C=O) groups is 14. The van der Waals surface area contributed by atoms with Crippen LogP contribution in [-0.4, -0.2) is 174 Å². The van der Waals surface area contributed by atoms with Crippen LogP contribution in [0.4, 0.5) is 14.4 Å². The molecule has 1 aromatic heterocycles. The van der Waals surface area contributed by atoms with E-state index in [-0.39, 0.29) is 135 Å². The number of phenolic OH excluding ortho intramolecular Hbond substituents is 2. The Bertz CT molecular complexity index is 6040. The fraction of sp³-hybridized carbons (Fsp3) is 0.391. The number of aliphatic carboxylic acids is 1. The molecular weight excluding hydrogens is 1860 g/mol. The first kappa shape index (κ1) is 113. The molecule has 0 radical (unpaired) electrons. The van der Waals surface area contributed by atoms with Crippen LogP contribution in [0.5, 0.6) is 23.0 Å². The minimum Gasteiger partial charge on any atom is -0.507 e. The van der Waals surface area contributed by atoms with Gasteiger partial charge in [-0.05, 0) is 230 Å².